The van der Waals surface area contributed by atoms with E-state index in [1.165, 1.54) is 31.4 Å². The summed E-state index contributed by atoms with van der Waals surface area (Å²) in [5, 5.41) is 14.0. The van der Waals surface area contributed by atoms with Gasteiger partial charge in [0.05, 0.1) is 17.6 Å². The molecule has 0 unspecified atom stereocenters. The molecule has 8 heteroatoms. The number of hydrogen-bond acceptors (Lipinski definition) is 5. The van der Waals surface area contributed by atoms with E-state index in [9.17, 15) is 9.18 Å². The Labute approximate surface area is 216 Å². The summed E-state index contributed by atoms with van der Waals surface area (Å²) >= 11 is 0. The van der Waals surface area contributed by atoms with Crippen molar-refractivity contribution in [3.05, 3.63) is 86.7 Å². The van der Waals surface area contributed by atoms with E-state index < -0.39 is 0 Å². The molecule has 0 aliphatic heterocycles. The van der Waals surface area contributed by atoms with Crippen LogP contribution in [0.15, 0.2) is 47.3 Å². The third kappa shape index (κ3) is 5.34. The number of nitrogens with one attached hydrogen (secondary N) is 1. The van der Waals surface area contributed by atoms with Crippen molar-refractivity contribution in [2.45, 2.75) is 84.5 Å². The molecule has 0 spiro atoms. The van der Waals surface area contributed by atoms with Crippen LogP contribution in [0.3, 0.4) is 0 Å². The highest BCUT2D eigenvalue weighted by Crippen LogP contribution is 2.33. The normalized spacial score (nSPS) is 15.5. The fourth-order valence-corrected chi connectivity index (χ4v) is 5.66. The topological polar surface area (TPSA) is 79.7 Å². The standard InChI is InChI=1S/C29H35FN6O/c1-4-26(28-32-33-34-36(28)24-8-6-5-7-9-24)35(17-21-12-14-23(30)15-13-21)18-22-16-25-19(2)10-11-20(3)27(25)31-29(22)37/h10-16,24,26H,4-9,17-18H2,1-3H3,(H,31,37)/t26-/m0/s1. The lowest BCUT2D eigenvalue weighted by atomic mass is 9.95. The summed E-state index contributed by atoms with van der Waals surface area (Å²) in [6, 6.07) is 12.9. The molecule has 5 rings (SSSR count). The van der Waals surface area contributed by atoms with Gasteiger partial charge < -0.3 is 4.98 Å². The van der Waals surface area contributed by atoms with Gasteiger partial charge >= 0.3 is 0 Å². The number of H-pyrrole nitrogens is 1. The zero-order valence-corrected chi connectivity index (χ0v) is 21.9. The smallest absolute Gasteiger partial charge is 0.252 e. The molecular formula is C29H35FN6O. The SMILES string of the molecule is CC[C@@H](c1nnnn1C1CCCCC1)N(Cc1ccc(F)cc1)Cc1cc2c(C)ccc(C)c2[nH]c1=O. The number of benzene rings is 2. The molecule has 194 valence electrons. The Morgan fingerprint density at radius 3 is 2.51 bits per heavy atom. The minimum atomic E-state index is -0.264. The van der Waals surface area contributed by atoms with Crippen LogP contribution in [-0.2, 0) is 13.1 Å². The molecule has 0 amide bonds. The quantitative estimate of drug-likeness (QED) is 0.323. The second-order valence-corrected chi connectivity index (χ2v) is 10.3. The van der Waals surface area contributed by atoms with Crippen LogP contribution in [0.2, 0.25) is 0 Å². The summed E-state index contributed by atoms with van der Waals surface area (Å²) < 4.78 is 15.7. The molecule has 0 saturated heterocycles. The van der Waals surface area contributed by atoms with Crippen molar-refractivity contribution in [1.82, 2.24) is 30.1 Å². The van der Waals surface area contributed by atoms with E-state index in [0.717, 1.165) is 52.7 Å². The van der Waals surface area contributed by atoms with Gasteiger partial charge in [-0.05, 0) is 78.4 Å². The van der Waals surface area contributed by atoms with Gasteiger partial charge in [-0.3, -0.25) is 9.69 Å². The van der Waals surface area contributed by atoms with Crippen LogP contribution in [-0.4, -0.2) is 30.1 Å². The van der Waals surface area contributed by atoms with Gasteiger partial charge in [0.15, 0.2) is 5.82 Å². The Hall–Kier alpha value is -3.39. The number of nitrogens with zero attached hydrogens (tertiary/aromatic N) is 5. The molecule has 4 aromatic rings. The second kappa shape index (κ2) is 10.9. The monoisotopic (exact) mass is 502 g/mol. The highest BCUT2D eigenvalue weighted by atomic mass is 19.1. The molecule has 1 aliphatic rings. The fraction of sp³-hybridized carbons (Fsp3) is 0.448. The average Bonchev–Trinajstić information content (AvgIpc) is 3.39. The third-order valence-electron chi connectivity index (χ3n) is 7.76. The lowest BCUT2D eigenvalue weighted by molar-refractivity contribution is 0.155. The maximum Gasteiger partial charge on any atom is 0.252 e. The van der Waals surface area contributed by atoms with E-state index in [4.69, 9.17) is 0 Å². The molecule has 37 heavy (non-hydrogen) atoms. The van der Waals surface area contributed by atoms with E-state index in [-0.39, 0.29) is 17.4 Å². The van der Waals surface area contributed by atoms with Crippen molar-refractivity contribution < 1.29 is 4.39 Å². The first-order valence-electron chi connectivity index (χ1n) is 13.3. The molecule has 7 nitrogen and oxygen atoms in total. The number of pyridine rings is 1. The predicted molar refractivity (Wildman–Crippen MR) is 143 cm³/mol. The Kier molecular flexibility index (Phi) is 7.46. The molecule has 1 atom stereocenters. The maximum atomic E-state index is 13.7. The van der Waals surface area contributed by atoms with Crippen LogP contribution in [0.1, 0.15) is 85.6 Å². The van der Waals surface area contributed by atoms with Crippen molar-refractivity contribution in [3.8, 4) is 0 Å². The van der Waals surface area contributed by atoms with Crippen molar-refractivity contribution in [3.63, 3.8) is 0 Å². The second-order valence-electron chi connectivity index (χ2n) is 10.3. The van der Waals surface area contributed by atoms with Crippen LogP contribution >= 0.6 is 0 Å². The van der Waals surface area contributed by atoms with Crippen molar-refractivity contribution in [1.29, 1.82) is 0 Å². The average molecular weight is 503 g/mol. The van der Waals surface area contributed by atoms with Gasteiger partial charge in [0.25, 0.3) is 5.56 Å². The van der Waals surface area contributed by atoms with E-state index in [1.807, 2.05) is 23.7 Å². The first-order valence-corrected chi connectivity index (χ1v) is 13.3. The Balaban J connectivity index is 1.55. The lowest BCUT2D eigenvalue weighted by Gasteiger charge is -2.32. The number of rotatable bonds is 8. The van der Waals surface area contributed by atoms with Crippen LogP contribution < -0.4 is 5.56 Å². The van der Waals surface area contributed by atoms with Crippen molar-refractivity contribution in [2.24, 2.45) is 0 Å². The fourth-order valence-electron chi connectivity index (χ4n) is 5.66. The van der Waals surface area contributed by atoms with E-state index in [0.29, 0.717) is 24.7 Å². The van der Waals surface area contributed by atoms with Crippen molar-refractivity contribution >= 4 is 10.9 Å². The zero-order valence-electron chi connectivity index (χ0n) is 21.9. The molecule has 2 aromatic heterocycles. The number of tetrazole rings is 1. The van der Waals surface area contributed by atoms with Crippen LogP contribution in [0, 0.1) is 19.7 Å². The van der Waals surface area contributed by atoms with Gasteiger partial charge in [-0.25, -0.2) is 9.07 Å². The number of halogens is 1. The van der Waals surface area contributed by atoms with Gasteiger partial charge in [-0.15, -0.1) is 5.10 Å². The molecule has 1 N–H and O–H groups in total. The first-order chi connectivity index (χ1) is 17.9. The van der Waals surface area contributed by atoms with Gasteiger partial charge in [0.2, 0.25) is 0 Å². The Bertz CT molecular complexity index is 1420. The Morgan fingerprint density at radius 2 is 1.78 bits per heavy atom. The molecule has 1 aliphatic carbocycles. The molecule has 1 saturated carbocycles. The summed E-state index contributed by atoms with van der Waals surface area (Å²) in [6.45, 7) is 7.16. The molecule has 0 bridgehead atoms. The highest BCUT2D eigenvalue weighted by Gasteiger charge is 2.29. The summed E-state index contributed by atoms with van der Waals surface area (Å²) in [5.41, 5.74) is 4.63. The minimum absolute atomic E-state index is 0.0907. The third-order valence-corrected chi connectivity index (χ3v) is 7.76. The number of aromatic nitrogens is 5. The van der Waals surface area contributed by atoms with E-state index in [2.05, 4.69) is 45.3 Å². The van der Waals surface area contributed by atoms with Gasteiger partial charge in [-0.1, -0.05) is 50.5 Å². The van der Waals surface area contributed by atoms with Crippen LogP contribution in [0.25, 0.3) is 10.9 Å². The predicted octanol–water partition coefficient (Wildman–Crippen LogP) is 5.93. The summed E-state index contributed by atoms with van der Waals surface area (Å²) in [4.78, 5) is 18.6. The Morgan fingerprint density at radius 1 is 1.05 bits per heavy atom. The minimum Gasteiger partial charge on any atom is -0.321 e. The highest BCUT2D eigenvalue weighted by molar-refractivity contribution is 5.85. The largest absolute Gasteiger partial charge is 0.321 e. The number of fused-ring (bicyclic) bond motifs is 1. The van der Waals surface area contributed by atoms with Gasteiger partial charge in [-0.2, -0.15) is 0 Å². The van der Waals surface area contributed by atoms with Gasteiger partial charge in [0, 0.05) is 24.0 Å². The number of aryl methyl sites for hydroxylation is 2. The summed E-state index contributed by atoms with van der Waals surface area (Å²) in [6.07, 6.45) is 6.56. The van der Waals surface area contributed by atoms with Crippen molar-refractivity contribution in [2.75, 3.05) is 0 Å². The number of hydrogen-bond donors (Lipinski definition) is 1. The molecule has 1 fully saturated rings. The lowest BCUT2D eigenvalue weighted by Crippen LogP contribution is -2.33. The first kappa shape index (κ1) is 25.3. The molecular weight excluding hydrogens is 467 g/mol. The maximum absolute atomic E-state index is 13.7. The van der Waals surface area contributed by atoms with Gasteiger partial charge in [0.1, 0.15) is 5.82 Å². The number of aromatic amines is 1. The van der Waals surface area contributed by atoms with E-state index in [1.54, 1.807) is 12.1 Å². The molecule has 2 aromatic carbocycles. The zero-order chi connectivity index (χ0) is 25.9. The summed E-state index contributed by atoms with van der Waals surface area (Å²) in [5.74, 6) is 0.571. The van der Waals surface area contributed by atoms with E-state index >= 15 is 0 Å². The van der Waals surface area contributed by atoms with Crippen LogP contribution in [0.5, 0.6) is 0 Å². The summed E-state index contributed by atoms with van der Waals surface area (Å²) in [7, 11) is 0. The molecule has 2 heterocycles. The molecule has 0 radical (unpaired) electrons. The van der Waals surface area contributed by atoms with Crippen LogP contribution in [0.4, 0.5) is 4.39 Å².